The maximum absolute atomic E-state index is 16.8. The van der Waals surface area contributed by atoms with Crippen LogP contribution in [0.25, 0.3) is 0 Å². The number of ketones is 2. The molecule has 28 heavy (non-hydrogen) atoms. The minimum atomic E-state index is -2.21. The van der Waals surface area contributed by atoms with Gasteiger partial charge in [-0.15, -0.1) is 0 Å². The molecule has 0 radical (unpaired) electrons. The van der Waals surface area contributed by atoms with Crippen molar-refractivity contribution in [2.24, 2.45) is 22.7 Å². The molecule has 0 amide bonds. The zero-order chi connectivity index (χ0) is 20.7. The lowest BCUT2D eigenvalue weighted by Crippen LogP contribution is -2.70. The molecule has 6 nitrogen and oxygen atoms in total. The first-order valence-corrected chi connectivity index (χ1v) is 10.1. The van der Waals surface area contributed by atoms with E-state index >= 15 is 4.39 Å². The Morgan fingerprint density at radius 2 is 1.89 bits per heavy atom. The normalized spacial score (nSPS) is 53.1. The Hall–Kier alpha value is -1.15. The van der Waals surface area contributed by atoms with Gasteiger partial charge in [-0.05, 0) is 44.1 Å². The van der Waals surface area contributed by atoms with Crippen LogP contribution in [0.3, 0.4) is 0 Å². The number of halogens is 1. The fourth-order valence-electron chi connectivity index (χ4n) is 7.21. The topological polar surface area (TPSA) is 115 Å². The first-order chi connectivity index (χ1) is 13.0. The average molecular weight is 396 g/mol. The number of allylic oxidation sites excluding steroid dienone is 1. The number of rotatable bonds is 2. The van der Waals surface area contributed by atoms with E-state index in [1.807, 2.05) is 0 Å². The van der Waals surface area contributed by atoms with Crippen LogP contribution in [0, 0.1) is 22.7 Å². The molecule has 0 spiro atoms. The van der Waals surface area contributed by atoms with Gasteiger partial charge >= 0.3 is 0 Å². The van der Waals surface area contributed by atoms with E-state index in [2.05, 4.69) is 0 Å². The van der Waals surface area contributed by atoms with Crippen LogP contribution in [0.4, 0.5) is 4.39 Å². The van der Waals surface area contributed by atoms with Gasteiger partial charge in [0.05, 0.1) is 12.2 Å². The van der Waals surface area contributed by atoms with Gasteiger partial charge in [-0.2, -0.15) is 0 Å². The Balaban J connectivity index is 1.83. The van der Waals surface area contributed by atoms with Crippen molar-refractivity contribution in [3.8, 4) is 0 Å². The second kappa shape index (κ2) is 5.94. The van der Waals surface area contributed by atoms with Gasteiger partial charge in [0, 0.05) is 23.2 Å². The molecule has 0 heterocycles. The number of Topliss-reactive ketones (excluding diaryl/α,β-unsaturated/α-hetero) is 1. The molecule has 0 aromatic carbocycles. The van der Waals surface area contributed by atoms with Gasteiger partial charge in [0.2, 0.25) is 0 Å². The van der Waals surface area contributed by atoms with Crippen molar-refractivity contribution in [1.29, 1.82) is 0 Å². The van der Waals surface area contributed by atoms with Crippen molar-refractivity contribution in [3.63, 3.8) is 0 Å². The zero-order valence-corrected chi connectivity index (χ0v) is 16.3. The van der Waals surface area contributed by atoms with E-state index in [0.717, 1.165) is 5.57 Å². The molecular weight excluding hydrogens is 367 g/mol. The summed E-state index contributed by atoms with van der Waals surface area (Å²) in [5, 5.41) is 42.2. The molecule has 0 bridgehead atoms. The molecule has 7 heteroatoms. The van der Waals surface area contributed by atoms with Crippen LogP contribution in [-0.2, 0) is 9.59 Å². The van der Waals surface area contributed by atoms with E-state index in [4.69, 9.17) is 0 Å². The Morgan fingerprint density at radius 1 is 1.21 bits per heavy atom. The highest BCUT2D eigenvalue weighted by Gasteiger charge is 2.76. The Morgan fingerprint density at radius 3 is 2.54 bits per heavy atom. The molecule has 4 N–H and O–H groups in total. The van der Waals surface area contributed by atoms with Crippen molar-refractivity contribution in [1.82, 2.24) is 0 Å². The number of carbonyl (C=O) groups is 2. The third-order valence-corrected chi connectivity index (χ3v) is 8.83. The summed E-state index contributed by atoms with van der Waals surface area (Å²) in [6.07, 6.45) is -0.0824. The van der Waals surface area contributed by atoms with Crippen molar-refractivity contribution in [3.05, 3.63) is 11.6 Å². The molecule has 0 saturated heterocycles. The van der Waals surface area contributed by atoms with Gasteiger partial charge in [0.1, 0.15) is 12.3 Å². The molecule has 0 unspecified atom stereocenters. The van der Waals surface area contributed by atoms with Gasteiger partial charge < -0.3 is 20.4 Å². The monoisotopic (exact) mass is 396 g/mol. The first kappa shape index (κ1) is 20.1. The summed E-state index contributed by atoms with van der Waals surface area (Å²) in [5.74, 6) is -2.10. The predicted molar refractivity (Wildman–Crippen MR) is 96.9 cm³/mol. The molecule has 4 aliphatic rings. The fraction of sp³-hybridized carbons (Fsp3) is 0.810. The molecule has 4 rings (SSSR count). The van der Waals surface area contributed by atoms with E-state index in [-0.39, 0.29) is 25.0 Å². The van der Waals surface area contributed by atoms with E-state index in [1.54, 1.807) is 13.8 Å². The van der Waals surface area contributed by atoms with E-state index in [9.17, 15) is 30.0 Å². The molecule has 0 aliphatic heterocycles. The summed E-state index contributed by atoms with van der Waals surface area (Å²) in [4.78, 5) is 24.3. The lowest BCUT2D eigenvalue weighted by Gasteiger charge is -2.63. The van der Waals surface area contributed by atoms with Gasteiger partial charge in [-0.3, -0.25) is 9.59 Å². The van der Waals surface area contributed by atoms with Crippen LogP contribution in [-0.4, -0.2) is 62.1 Å². The largest absolute Gasteiger partial charge is 0.390 e. The molecule has 3 saturated carbocycles. The Kier molecular flexibility index (Phi) is 4.27. The second-order valence-electron chi connectivity index (χ2n) is 9.72. The molecule has 8 atom stereocenters. The fourth-order valence-corrected chi connectivity index (χ4v) is 7.21. The standard InChI is InChI=1S/C21H29FO6/c1-18-6-5-12(24)7-11(18)3-4-13-14-8-15(25)21(28,17(27)10-23)19(14,2)9-16(26)20(13,18)22/h7,13-16,23,25-26,28H,3-6,8-10H2,1-2H3/t13-,14-,15-,16+,18-,19+,20+,21+/m1/s1. The maximum Gasteiger partial charge on any atom is 0.192 e. The van der Waals surface area contributed by atoms with Crippen LogP contribution in [0.5, 0.6) is 0 Å². The highest BCUT2D eigenvalue weighted by molar-refractivity contribution is 5.92. The number of hydrogen-bond donors (Lipinski definition) is 4. The summed E-state index contributed by atoms with van der Waals surface area (Å²) >= 11 is 0. The van der Waals surface area contributed by atoms with Gasteiger partial charge in [-0.25, -0.2) is 4.39 Å². The van der Waals surface area contributed by atoms with Crippen LogP contribution in [0.1, 0.15) is 52.4 Å². The molecule has 0 aromatic rings. The average Bonchev–Trinajstić information content (AvgIpc) is 2.84. The van der Waals surface area contributed by atoms with Crippen LogP contribution < -0.4 is 0 Å². The quantitative estimate of drug-likeness (QED) is 0.550. The number of hydrogen-bond acceptors (Lipinski definition) is 6. The highest BCUT2D eigenvalue weighted by atomic mass is 19.1. The second-order valence-corrected chi connectivity index (χ2v) is 9.72. The first-order valence-electron chi connectivity index (χ1n) is 10.1. The zero-order valence-electron chi connectivity index (χ0n) is 16.3. The molecule has 0 aromatic heterocycles. The predicted octanol–water partition coefficient (Wildman–Crippen LogP) is 0.844. The lowest BCUT2D eigenvalue weighted by molar-refractivity contribution is -0.230. The number of alkyl halides is 1. The minimum Gasteiger partial charge on any atom is -0.390 e. The van der Waals surface area contributed by atoms with Crippen molar-refractivity contribution < 1.29 is 34.4 Å². The highest BCUT2D eigenvalue weighted by Crippen LogP contribution is 2.70. The number of aliphatic hydroxyl groups is 4. The van der Waals surface area contributed by atoms with Crippen molar-refractivity contribution in [2.75, 3.05) is 6.61 Å². The number of aliphatic hydroxyl groups excluding tert-OH is 3. The summed E-state index contributed by atoms with van der Waals surface area (Å²) in [7, 11) is 0. The van der Waals surface area contributed by atoms with Gasteiger partial charge in [0.15, 0.2) is 17.2 Å². The third-order valence-electron chi connectivity index (χ3n) is 8.83. The summed E-state index contributed by atoms with van der Waals surface area (Å²) in [6, 6.07) is 0. The summed E-state index contributed by atoms with van der Waals surface area (Å²) in [6.45, 7) is 2.45. The van der Waals surface area contributed by atoms with E-state index in [0.29, 0.717) is 19.3 Å². The minimum absolute atomic E-state index is 0.0242. The molecule has 4 aliphatic carbocycles. The third kappa shape index (κ3) is 2.06. The van der Waals surface area contributed by atoms with Crippen LogP contribution >= 0.6 is 0 Å². The molecular formula is C21H29FO6. The van der Waals surface area contributed by atoms with Gasteiger partial charge in [-0.1, -0.05) is 19.4 Å². The summed E-state index contributed by atoms with van der Waals surface area (Å²) < 4.78 is 16.8. The molecule has 3 fully saturated rings. The Labute approximate surface area is 163 Å². The SMILES string of the molecule is C[C@]12C[C@H](O)[C@@]3(F)[C@H](CCC4=CC(=O)CC[C@]43C)[C@H]1C[C@@H](O)[C@]2(O)C(=O)CO. The number of fused-ring (bicyclic) bond motifs is 5. The van der Waals surface area contributed by atoms with Crippen molar-refractivity contribution in [2.45, 2.75) is 75.9 Å². The molecule has 156 valence electrons. The van der Waals surface area contributed by atoms with Crippen molar-refractivity contribution >= 4 is 11.6 Å². The van der Waals surface area contributed by atoms with E-state index < -0.39 is 58.5 Å². The van der Waals surface area contributed by atoms with Crippen LogP contribution in [0.15, 0.2) is 11.6 Å². The smallest absolute Gasteiger partial charge is 0.192 e. The number of carbonyl (C=O) groups excluding carboxylic acids is 2. The summed E-state index contributed by atoms with van der Waals surface area (Å²) in [5.41, 5.74) is -5.72. The maximum atomic E-state index is 16.8. The Bertz CT molecular complexity index is 766. The van der Waals surface area contributed by atoms with Gasteiger partial charge in [0.25, 0.3) is 0 Å². The van der Waals surface area contributed by atoms with Crippen LogP contribution in [0.2, 0.25) is 0 Å². The lowest BCUT2D eigenvalue weighted by atomic mass is 9.44. The van der Waals surface area contributed by atoms with E-state index in [1.165, 1.54) is 6.08 Å².